The fraction of sp³-hybridized carbons (Fsp3) is 0.385. The Morgan fingerprint density at radius 3 is 2.56 bits per heavy atom. The van der Waals surface area contributed by atoms with Gasteiger partial charge in [-0.2, -0.15) is 0 Å². The molecule has 0 radical (unpaired) electrons. The number of terminal acetylenes is 1. The van der Waals surface area contributed by atoms with E-state index in [9.17, 15) is 4.79 Å². The Morgan fingerprint density at radius 1 is 1.44 bits per heavy atom. The quantitative estimate of drug-likeness (QED) is 0.783. The summed E-state index contributed by atoms with van der Waals surface area (Å²) in [5.74, 6) is 2.69. The van der Waals surface area contributed by atoms with E-state index >= 15 is 0 Å². The summed E-state index contributed by atoms with van der Waals surface area (Å²) in [6, 6.07) is 3.47. The van der Waals surface area contributed by atoms with Gasteiger partial charge in [0.1, 0.15) is 5.69 Å². The van der Waals surface area contributed by atoms with E-state index in [1.807, 2.05) is 6.92 Å². The summed E-state index contributed by atoms with van der Waals surface area (Å²) in [5, 5.41) is 2.88. The second kappa shape index (κ2) is 5.32. The molecule has 0 saturated carbocycles. The largest absolute Gasteiger partial charge is 0.348 e. The van der Waals surface area contributed by atoms with Crippen molar-refractivity contribution < 1.29 is 4.79 Å². The molecule has 1 heterocycles. The van der Waals surface area contributed by atoms with Gasteiger partial charge in [0.25, 0.3) is 5.91 Å². The third-order valence-corrected chi connectivity index (χ3v) is 2.52. The van der Waals surface area contributed by atoms with Crippen LogP contribution in [0.2, 0.25) is 0 Å². The molecule has 0 aliphatic rings. The number of amides is 1. The lowest BCUT2D eigenvalue weighted by molar-refractivity contribution is 0.0925. The van der Waals surface area contributed by atoms with Crippen LogP contribution in [-0.2, 0) is 0 Å². The van der Waals surface area contributed by atoms with Crippen LogP contribution in [0.4, 0.5) is 0 Å². The zero-order valence-electron chi connectivity index (χ0n) is 9.82. The van der Waals surface area contributed by atoms with Crippen molar-refractivity contribution in [2.24, 2.45) is 5.92 Å². The Kier molecular flexibility index (Phi) is 4.07. The normalized spacial score (nSPS) is 11.9. The Bertz CT molecular complexity index is 401. The number of carbonyl (C=O) groups excluding carboxylic acids is 1. The van der Waals surface area contributed by atoms with Crippen molar-refractivity contribution in [1.29, 1.82) is 0 Å². The lowest BCUT2D eigenvalue weighted by Crippen LogP contribution is -2.36. The molecule has 1 aromatic rings. The molecule has 0 aliphatic heterocycles. The molecule has 3 nitrogen and oxygen atoms in total. The molecule has 1 amide bonds. The first kappa shape index (κ1) is 12.3. The minimum absolute atomic E-state index is 0.126. The molecule has 1 N–H and O–H groups in total. The summed E-state index contributed by atoms with van der Waals surface area (Å²) in [6.45, 7) is 6.08. The van der Waals surface area contributed by atoms with Gasteiger partial charge in [-0.1, -0.05) is 19.8 Å². The Balaban J connectivity index is 2.70. The first-order valence-corrected chi connectivity index (χ1v) is 5.28. The molecule has 0 spiro atoms. The molecule has 0 aromatic carbocycles. The molecular weight excluding hydrogens is 200 g/mol. The molecule has 0 unspecified atom stereocenters. The predicted molar refractivity (Wildman–Crippen MR) is 63.9 cm³/mol. The highest BCUT2D eigenvalue weighted by atomic mass is 16.1. The van der Waals surface area contributed by atoms with Crippen LogP contribution in [0.15, 0.2) is 18.3 Å². The minimum atomic E-state index is -0.162. The van der Waals surface area contributed by atoms with Crippen LogP contribution in [-0.4, -0.2) is 16.9 Å². The number of hydrogen-bond donors (Lipinski definition) is 1. The summed E-state index contributed by atoms with van der Waals surface area (Å²) >= 11 is 0. The maximum absolute atomic E-state index is 11.7. The third-order valence-electron chi connectivity index (χ3n) is 2.52. The molecule has 1 atom stereocenters. The van der Waals surface area contributed by atoms with E-state index in [-0.39, 0.29) is 11.9 Å². The maximum atomic E-state index is 11.7. The van der Waals surface area contributed by atoms with Crippen molar-refractivity contribution >= 4 is 5.91 Å². The molecule has 84 valence electrons. The van der Waals surface area contributed by atoms with Crippen LogP contribution in [0.25, 0.3) is 0 Å². The maximum Gasteiger partial charge on any atom is 0.270 e. The number of carbonyl (C=O) groups is 1. The van der Waals surface area contributed by atoms with Crippen molar-refractivity contribution in [3.05, 3.63) is 29.6 Å². The molecule has 0 bridgehead atoms. The van der Waals surface area contributed by atoms with E-state index in [0.29, 0.717) is 17.2 Å². The number of pyridine rings is 1. The number of nitrogens with zero attached hydrogens (tertiary/aromatic N) is 1. The highest BCUT2D eigenvalue weighted by Gasteiger charge is 2.12. The van der Waals surface area contributed by atoms with E-state index in [4.69, 9.17) is 6.42 Å². The van der Waals surface area contributed by atoms with Gasteiger partial charge < -0.3 is 5.32 Å². The van der Waals surface area contributed by atoms with Gasteiger partial charge >= 0.3 is 0 Å². The lowest BCUT2D eigenvalue weighted by atomic mass is 10.1. The van der Waals surface area contributed by atoms with Gasteiger partial charge in [-0.05, 0) is 25.0 Å². The Labute approximate surface area is 96.3 Å². The van der Waals surface area contributed by atoms with Gasteiger partial charge in [-0.15, -0.1) is 6.42 Å². The molecule has 0 aliphatic carbocycles. The first-order chi connectivity index (χ1) is 7.54. The highest BCUT2D eigenvalue weighted by Crippen LogP contribution is 2.03. The van der Waals surface area contributed by atoms with Gasteiger partial charge in [0, 0.05) is 17.8 Å². The third kappa shape index (κ3) is 3.09. The fourth-order valence-electron chi connectivity index (χ4n) is 1.06. The van der Waals surface area contributed by atoms with Gasteiger partial charge in [0.05, 0.1) is 0 Å². The molecule has 16 heavy (non-hydrogen) atoms. The average molecular weight is 216 g/mol. The zero-order valence-corrected chi connectivity index (χ0v) is 9.82. The summed E-state index contributed by atoms with van der Waals surface area (Å²) in [4.78, 5) is 15.7. The molecule has 0 fully saturated rings. The number of aromatic nitrogens is 1. The minimum Gasteiger partial charge on any atom is -0.348 e. The topological polar surface area (TPSA) is 42.0 Å². The molecule has 1 aromatic heterocycles. The second-order valence-corrected chi connectivity index (χ2v) is 4.08. The van der Waals surface area contributed by atoms with E-state index in [1.165, 1.54) is 6.20 Å². The van der Waals surface area contributed by atoms with Crippen LogP contribution in [0, 0.1) is 18.3 Å². The van der Waals surface area contributed by atoms with Crippen molar-refractivity contribution in [3.63, 3.8) is 0 Å². The van der Waals surface area contributed by atoms with Crippen LogP contribution >= 0.6 is 0 Å². The molecule has 3 heteroatoms. The van der Waals surface area contributed by atoms with Crippen molar-refractivity contribution in [2.75, 3.05) is 0 Å². The molecular formula is C13H16N2O. The summed E-state index contributed by atoms with van der Waals surface area (Å²) in [6.07, 6.45) is 6.73. The smallest absolute Gasteiger partial charge is 0.270 e. The fourth-order valence-corrected chi connectivity index (χ4v) is 1.06. The van der Waals surface area contributed by atoms with Gasteiger partial charge in [0.15, 0.2) is 0 Å². The highest BCUT2D eigenvalue weighted by molar-refractivity contribution is 5.92. The summed E-state index contributed by atoms with van der Waals surface area (Å²) in [5.41, 5.74) is 1.07. The lowest BCUT2D eigenvalue weighted by Gasteiger charge is -2.16. The van der Waals surface area contributed by atoms with E-state index in [2.05, 4.69) is 30.1 Å². The summed E-state index contributed by atoms with van der Waals surface area (Å²) in [7, 11) is 0. The van der Waals surface area contributed by atoms with E-state index in [0.717, 1.165) is 0 Å². The summed E-state index contributed by atoms with van der Waals surface area (Å²) < 4.78 is 0. The van der Waals surface area contributed by atoms with E-state index in [1.54, 1.807) is 12.1 Å². The standard InChI is InChI=1S/C13H16N2O/c1-5-11-6-7-12(14-8-11)13(16)15-10(4)9(2)3/h1,6-10H,2-4H3,(H,15,16)/t10-/m1/s1. The zero-order chi connectivity index (χ0) is 12.1. The van der Waals surface area contributed by atoms with Gasteiger partial charge in [0.2, 0.25) is 0 Å². The van der Waals surface area contributed by atoms with Crippen molar-refractivity contribution in [1.82, 2.24) is 10.3 Å². The Hall–Kier alpha value is -1.82. The van der Waals surface area contributed by atoms with Crippen molar-refractivity contribution in [3.8, 4) is 12.3 Å². The second-order valence-electron chi connectivity index (χ2n) is 4.08. The van der Waals surface area contributed by atoms with Crippen LogP contribution in [0.5, 0.6) is 0 Å². The molecule has 0 saturated heterocycles. The first-order valence-electron chi connectivity index (χ1n) is 5.28. The average Bonchev–Trinajstić information content (AvgIpc) is 2.28. The number of rotatable bonds is 3. The predicted octanol–water partition coefficient (Wildman–Crippen LogP) is 1.84. The van der Waals surface area contributed by atoms with Gasteiger partial charge in [-0.25, -0.2) is 4.98 Å². The Morgan fingerprint density at radius 2 is 2.12 bits per heavy atom. The SMILES string of the molecule is C#Cc1ccc(C(=O)N[C@H](C)C(C)C)nc1. The van der Waals surface area contributed by atoms with Gasteiger partial charge in [-0.3, -0.25) is 4.79 Å². The van der Waals surface area contributed by atoms with Crippen LogP contribution < -0.4 is 5.32 Å². The van der Waals surface area contributed by atoms with Crippen LogP contribution in [0.1, 0.15) is 36.8 Å². The van der Waals surface area contributed by atoms with Crippen LogP contribution in [0.3, 0.4) is 0 Å². The molecule has 1 rings (SSSR count). The monoisotopic (exact) mass is 216 g/mol. The van der Waals surface area contributed by atoms with Crippen molar-refractivity contribution in [2.45, 2.75) is 26.8 Å². The number of hydrogen-bond acceptors (Lipinski definition) is 2. The van der Waals surface area contributed by atoms with E-state index < -0.39 is 0 Å². The number of nitrogens with one attached hydrogen (secondary N) is 1.